The fourth-order valence-electron chi connectivity index (χ4n) is 1.37. The largest absolute Gasteiger partial charge is 0.430 e. The molecule has 19 heavy (non-hydrogen) atoms. The summed E-state index contributed by atoms with van der Waals surface area (Å²) in [7, 11) is -1.81. The van der Waals surface area contributed by atoms with E-state index in [-0.39, 0.29) is 5.22 Å². The second kappa shape index (κ2) is 5.06. The summed E-state index contributed by atoms with van der Waals surface area (Å²) in [5.74, 6) is -1.24. The molecule has 0 spiro atoms. The number of nitrogen functional groups attached to an aromatic ring is 1. The molecule has 0 radical (unpaired) electrons. The number of oxazole rings is 1. The number of aromatic nitrogens is 1. The number of nitrogens with zero attached hydrogens (tertiary/aromatic N) is 1. The molecular formula is C10H10N4O4S. The summed E-state index contributed by atoms with van der Waals surface area (Å²) >= 11 is 0. The smallest absolute Gasteiger partial charge is 0.318 e. The minimum Gasteiger partial charge on any atom is -0.430 e. The lowest BCUT2D eigenvalue weighted by Gasteiger charge is -1.97. The van der Waals surface area contributed by atoms with E-state index in [0.29, 0.717) is 16.8 Å². The van der Waals surface area contributed by atoms with E-state index in [2.05, 4.69) is 4.98 Å². The highest BCUT2D eigenvalue weighted by Gasteiger charge is 2.17. The second-order valence-electron chi connectivity index (χ2n) is 3.61. The molecular weight excluding hydrogens is 272 g/mol. The summed E-state index contributed by atoms with van der Waals surface area (Å²) in [6, 6.07) is 3.76. The highest BCUT2D eigenvalue weighted by atomic mass is 32.2. The van der Waals surface area contributed by atoms with Crippen molar-refractivity contribution in [3.63, 3.8) is 0 Å². The quantitative estimate of drug-likeness (QED) is 0.660. The number of hydrogen-bond acceptors (Lipinski definition) is 6. The molecule has 1 unspecified atom stereocenters. The molecule has 0 aliphatic rings. The zero-order valence-electron chi connectivity index (χ0n) is 9.58. The van der Waals surface area contributed by atoms with Gasteiger partial charge in [-0.3, -0.25) is 10.1 Å². The molecule has 1 aromatic heterocycles. The van der Waals surface area contributed by atoms with Gasteiger partial charge in [0.15, 0.2) is 5.58 Å². The number of benzene rings is 1. The first-order valence-corrected chi connectivity index (χ1v) is 6.41. The van der Waals surface area contributed by atoms with Gasteiger partial charge < -0.3 is 15.9 Å². The lowest BCUT2D eigenvalue weighted by Crippen LogP contribution is -2.37. The molecule has 8 nitrogen and oxygen atoms in total. The maximum absolute atomic E-state index is 11.8. The predicted molar refractivity (Wildman–Crippen MR) is 67.4 cm³/mol. The van der Waals surface area contributed by atoms with Crippen LogP contribution in [0.1, 0.15) is 0 Å². The molecule has 0 fully saturated rings. The van der Waals surface area contributed by atoms with E-state index in [1.807, 2.05) is 0 Å². The summed E-state index contributed by atoms with van der Waals surface area (Å²) in [6.45, 7) is 0. The van der Waals surface area contributed by atoms with Crippen LogP contribution in [0.2, 0.25) is 0 Å². The zero-order valence-corrected chi connectivity index (χ0v) is 10.4. The average molecular weight is 282 g/mol. The molecule has 1 atom stereocenters. The van der Waals surface area contributed by atoms with E-state index in [1.165, 1.54) is 6.07 Å². The van der Waals surface area contributed by atoms with Crippen molar-refractivity contribution in [3.05, 3.63) is 18.2 Å². The predicted octanol–water partition coefficient (Wildman–Crippen LogP) is -0.288. The molecule has 0 saturated carbocycles. The van der Waals surface area contributed by atoms with Crippen molar-refractivity contribution in [2.45, 2.75) is 5.22 Å². The highest BCUT2D eigenvalue weighted by Crippen LogP contribution is 2.20. The number of amides is 3. The van der Waals surface area contributed by atoms with Crippen molar-refractivity contribution < 1.29 is 18.2 Å². The van der Waals surface area contributed by atoms with Gasteiger partial charge >= 0.3 is 6.03 Å². The monoisotopic (exact) mass is 282 g/mol. The standard InChI is InChI=1S/C10H10N4O4S/c11-5-1-2-6-7(3-5)18-10(13-6)19(17)4-8(15)14-9(12)16/h1-3H,4,11H2,(H3,12,14,15,16). The Morgan fingerprint density at radius 2 is 2.16 bits per heavy atom. The molecule has 0 bridgehead atoms. The lowest BCUT2D eigenvalue weighted by molar-refractivity contribution is -0.117. The molecule has 0 aliphatic heterocycles. The van der Waals surface area contributed by atoms with Crippen molar-refractivity contribution in [3.8, 4) is 0 Å². The molecule has 100 valence electrons. The summed E-state index contributed by atoms with van der Waals surface area (Å²) in [5, 5.41) is 1.69. The van der Waals surface area contributed by atoms with E-state index in [9.17, 15) is 13.8 Å². The normalized spacial score (nSPS) is 12.2. The second-order valence-corrected chi connectivity index (χ2v) is 4.94. The summed E-state index contributed by atoms with van der Waals surface area (Å²) in [4.78, 5) is 25.6. The van der Waals surface area contributed by atoms with Crippen LogP contribution in [-0.4, -0.2) is 26.9 Å². The number of nitrogens with one attached hydrogen (secondary N) is 1. The number of hydrogen-bond donors (Lipinski definition) is 3. The van der Waals surface area contributed by atoms with Crippen LogP contribution in [0.4, 0.5) is 10.5 Å². The SMILES string of the molecule is NC(=O)NC(=O)CS(=O)c1nc2ccc(N)cc2o1. The topological polar surface area (TPSA) is 141 Å². The van der Waals surface area contributed by atoms with Gasteiger partial charge in [0.25, 0.3) is 5.22 Å². The molecule has 1 aromatic carbocycles. The van der Waals surface area contributed by atoms with Crippen LogP contribution in [0.3, 0.4) is 0 Å². The van der Waals surface area contributed by atoms with Crippen LogP contribution in [0.5, 0.6) is 0 Å². The Morgan fingerprint density at radius 1 is 1.42 bits per heavy atom. The van der Waals surface area contributed by atoms with Crippen LogP contribution in [0.15, 0.2) is 27.8 Å². The third-order valence-electron chi connectivity index (χ3n) is 2.11. The van der Waals surface area contributed by atoms with Gasteiger partial charge in [0, 0.05) is 11.8 Å². The van der Waals surface area contributed by atoms with Gasteiger partial charge in [-0.2, -0.15) is 0 Å². The number of carbonyl (C=O) groups excluding carboxylic acids is 2. The minimum atomic E-state index is -1.81. The Balaban J connectivity index is 2.17. The lowest BCUT2D eigenvalue weighted by atomic mass is 10.3. The van der Waals surface area contributed by atoms with Crippen molar-refractivity contribution in [2.24, 2.45) is 5.73 Å². The van der Waals surface area contributed by atoms with E-state index in [1.54, 1.807) is 17.4 Å². The van der Waals surface area contributed by atoms with Crippen molar-refractivity contribution in [1.29, 1.82) is 0 Å². The molecule has 5 N–H and O–H groups in total. The Hall–Kier alpha value is -2.42. The Morgan fingerprint density at radius 3 is 2.84 bits per heavy atom. The molecule has 0 saturated heterocycles. The van der Waals surface area contributed by atoms with Gasteiger partial charge in [-0.05, 0) is 12.1 Å². The fourth-order valence-corrected chi connectivity index (χ4v) is 2.19. The third kappa shape index (κ3) is 3.07. The third-order valence-corrected chi connectivity index (χ3v) is 3.20. The van der Waals surface area contributed by atoms with Gasteiger partial charge in [0.2, 0.25) is 5.91 Å². The molecule has 2 aromatic rings. The van der Waals surface area contributed by atoms with Crippen molar-refractivity contribution in [1.82, 2.24) is 10.3 Å². The summed E-state index contributed by atoms with van der Waals surface area (Å²) in [6.07, 6.45) is 0. The molecule has 2 rings (SSSR count). The number of primary amides is 1. The first kappa shape index (κ1) is 13.0. The zero-order chi connectivity index (χ0) is 14.0. The maximum Gasteiger partial charge on any atom is 0.318 e. The first-order valence-electron chi connectivity index (χ1n) is 5.09. The van der Waals surface area contributed by atoms with Crippen LogP contribution in [0, 0.1) is 0 Å². The molecule has 3 amide bonds. The van der Waals surface area contributed by atoms with Gasteiger partial charge in [-0.1, -0.05) is 0 Å². The molecule has 1 heterocycles. The van der Waals surface area contributed by atoms with E-state index >= 15 is 0 Å². The van der Waals surface area contributed by atoms with E-state index in [0.717, 1.165) is 0 Å². The van der Waals surface area contributed by atoms with E-state index in [4.69, 9.17) is 15.9 Å². The van der Waals surface area contributed by atoms with Crippen LogP contribution < -0.4 is 16.8 Å². The van der Waals surface area contributed by atoms with Crippen molar-refractivity contribution in [2.75, 3.05) is 11.5 Å². The van der Waals surface area contributed by atoms with Gasteiger partial charge in [0.1, 0.15) is 22.1 Å². The van der Waals surface area contributed by atoms with Gasteiger partial charge in [-0.15, -0.1) is 0 Å². The van der Waals surface area contributed by atoms with Crippen LogP contribution in [0.25, 0.3) is 11.1 Å². The first-order chi connectivity index (χ1) is 8.95. The van der Waals surface area contributed by atoms with E-state index < -0.39 is 28.5 Å². The number of carbonyl (C=O) groups is 2. The summed E-state index contributed by atoms with van der Waals surface area (Å²) in [5.41, 5.74) is 11.7. The maximum atomic E-state index is 11.8. The van der Waals surface area contributed by atoms with Crippen LogP contribution in [-0.2, 0) is 15.6 Å². The number of rotatable bonds is 3. The number of imide groups is 1. The number of nitrogens with two attached hydrogens (primary N) is 2. The Kier molecular flexibility index (Phi) is 3.47. The fraction of sp³-hybridized carbons (Fsp3) is 0.100. The minimum absolute atomic E-state index is 0.111. The molecule has 0 aliphatic carbocycles. The number of urea groups is 1. The van der Waals surface area contributed by atoms with Gasteiger partial charge in [0.05, 0.1) is 0 Å². The number of fused-ring (bicyclic) bond motifs is 1. The Labute approximate surface area is 109 Å². The number of anilines is 1. The van der Waals surface area contributed by atoms with Gasteiger partial charge in [-0.25, -0.2) is 14.0 Å². The Bertz CT molecular complexity index is 681. The highest BCUT2D eigenvalue weighted by molar-refractivity contribution is 7.85. The van der Waals surface area contributed by atoms with Crippen molar-refractivity contribution >= 4 is 39.5 Å². The summed E-state index contributed by atoms with van der Waals surface area (Å²) < 4.78 is 17.0. The van der Waals surface area contributed by atoms with Crippen LogP contribution >= 0.6 is 0 Å². The average Bonchev–Trinajstić information content (AvgIpc) is 2.70. The molecule has 9 heteroatoms.